The number of hydrazine groups is 1. The molecule has 0 fully saturated rings. The molecular formula is C14H24N2O2. The fraction of sp³-hybridized carbons (Fsp3) is 0.571. The summed E-state index contributed by atoms with van der Waals surface area (Å²) < 4.78 is 10.4. The molecule has 0 heterocycles. The van der Waals surface area contributed by atoms with Crippen LogP contribution in [0.25, 0.3) is 0 Å². The number of nitrogens with two attached hydrogens (primary N) is 1. The molecule has 4 nitrogen and oxygen atoms in total. The summed E-state index contributed by atoms with van der Waals surface area (Å²) in [5.41, 5.74) is 4.17. The van der Waals surface area contributed by atoms with Crippen LogP contribution in [0, 0.1) is 0 Å². The Hall–Kier alpha value is -0.940. The van der Waals surface area contributed by atoms with E-state index in [1.54, 1.807) is 7.11 Å². The summed E-state index contributed by atoms with van der Waals surface area (Å²) in [7, 11) is 1.67. The lowest BCUT2D eigenvalue weighted by molar-refractivity contribution is 0.0572. The van der Waals surface area contributed by atoms with E-state index in [1.165, 1.54) is 5.56 Å². The maximum absolute atomic E-state index is 5.51. The first kappa shape index (κ1) is 15.1. The highest BCUT2D eigenvalue weighted by Gasteiger charge is 2.06. The second kappa shape index (κ2) is 10.0. The summed E-state index contributed by atoms with van der Waals surface area (Å²) in [6.07, 6.45) is 3.20. The number of methoxy groups -OCH3 is 1. The molecule has 0 aliphatic rings. The van der Waals surface area contributed by atoms with Crippen LogP contribution in [-0.4, -0.2) is 33.0 Å². The van der Waals surface area contributed by atoms with E-state index in [0.717, 1.165) is 19.3 Å². The van der Waals surface area contributed by atoms with E-state index in [-0.39, 0.29) is 6.04 Å². The van der Waals surface area contributed by atoms with E-state index in [2.05, 4.69) is 29.7 Å². The van der Waals surface area contributed by atoms with Gasteiger partial charge in [-0.15, -0.1) is 0 Å². The molecule has 1 rings (SSSR count). The topological polar surface area (TPSA) is 56.5 Å². The highest BCUT2D eigenvalue weighted by atomic mass is 16.5. The minimum atomic E-state index is 0.213. The predicted molar refractivity (Wildman–Crippen MR) is 73.2 cm³/mol. The van der Waals surface area contributed by atoms with Gasteiger partial charge in [0, 0.05) is 13.2 Å². The molecule has 4 heteroatoms. The number of nitrogens with one attached hydrogen (secondary N) is 1. The third-order valence-corrected chi connectivity index (χ3v) is 2.85. The number of hydrogen-bond acceptors (Lipinski definition) is 4. The van der Waals surface area contributed by atoms with Gasteiger partial charge in [0.15, 0.2) is 0 Å². The molecule has 1 atom stereocenters. The van der Waals surface area contributed by atoms with Crippen LogP contribution in [0.2, 0.25) is 0 Å². The smallest absolute Gasteiger partial charge is 0.0701 e. The number of benzene rings is 1. The van der Waals surface area contributed by atoms with E-state index in [9.17, 15) is 0 Å². The van der Waals surface area contributed by atoms with Crippen molar-refractivity contribution in [3.8, 4) is 0 Å². The van der Waals surface area contributed by atoms with Crippen molar-refractivity contribution in [2.75, 3.05) is 26.9 Å². The Morgan fingerprint density at radius 1 is 1.22 bits per heavy atom. The molecule has 1 aromatic carbocycles. The molecule has 3 N–H and O–H groups in total. The molecule has 102 valence electrons. The van der Waals surface area contributed by atoms with Crippen molar-refractivity contribution >= 4 is 0 Å². The van der Waals surface area contributed by atoms with Gasteiger partial charge in [-0.2, -0.15) is 0 Å². The Kier molecular flexibility index (Phi) is 8.42. The molecule has 0 aliphatic heterocycles. The van der Waals surface area contributed by atoms with Crippen LogP contribution in [0.1, 0.15) is 18.4 Å². The van der Waals surface area contributed by atoms with Gasteiger partial charge >= 0.3 is 0 Å². The average molecular weight is 252 g/mol. The lowest BCUT2D eigenvalue weighted by Gasteiger charge is -2.15. The van der Waals surface area contributed by atoms with E-state index in [1.807, 2.05) is 6.07 Å². The summed E-state index contributed by atoms with van der Waals surface area (Å²) >= 11 is 0. The quantitative estimate of drug-likeness (QED) is 0.376. The van der Waals surface area contributed by atoms with Crippen LogP contribution in [0.3, 0.4) is 0 Å². The third-order valence-electron chi connectivity index (χ3n) is 2.85. The van der Waals surface area contributed by atoms with Crippen LogP contribution >= 0.6 is 0 Å². The molecule has 0 bridgehead atoms. The van der Waals surface area contributed by atoms with Crippen molar-refractivity contribution in [1.29, 1.82) is 0 Å². The molecule has 1 unspecified atom stereocenters. The minimum absolute atomic E-state index is 0.213. The largest absolute Gasteiger partial charge is 0.382 e. The van der Waals surface area contributed by atoms with Crippen LogP contribution in [0.15, 0.2) is 30.3 Å². The highest BCUT2D eigenvalue weighted by Crippen LogP contribution is 2.06. The van der Waals surface area contributed by atoms with Crippen molar-refractivity contribution in [1.82, 2.24) is 5.43 Å². The van der Waals surface area contributed by atoms with Crippen LogP contribution in [0.4, 0.5) is 0 Å². The van der Waals surface area contributed by atoms with Crippen molar-refractivity contribution in [2.24, 2.45) is 5.84 Å². The predicted octanol–water partition coefficient (Wildman–Crippen LogP) is 1.50. The number of ether oxygens (including phenoxy) is 2. The first-order valence-electron chi connectivity index (χ1n) is 6.43. The minimum Gasteiger partial charge on any atom is -0.382 e. The highest BCUT2D eigenvalue weighted by molar-refractivity contribution is 5.14. The zero-order chi connectivity index (χ0) is 13.1. The molecular weight excluding hydrogens is 228 g/mol. The SMILES string of the molecule is COCCOCC(CCCc1ccccc1)NN. The monoisotopic (exact) mass is 252 g/mol. The zero-order valence-electron chi connectivity index (χ0n) is 11.1. The molecule has 0 saturated carbocycles. The number of rotatable bonds is 10. The molecule has 0 saturated heterocycles. The van der Waals surface area contributed by atoms with Crippen LogP contribution in [-0.2, 0) is 15.9 Å². The molecule has 0 spiro atoms. The van der Waals surface area contributed by atoms with Gasteiger partial charge < -0.3 is 9.47 Å². The van der Waals surface area contributed by atoms with Gasteiger partial charge in [-0.05, 0) is 24.8 Å². The molecule has 0 aliphatic carbocycles. The number of hydrogen-bond donors (Lipinski definition) is 2. The summed E-state index contributed by atoms with van der Waals surface area (Å²) in [5, 5.41) is 0. The van der Waals surface area contributed by atoms with E-state index >= 15 is 0 Å². The van der Waals surface area contributed by atoms with Gasteiger partial charge in [0.1, 0.15) is 0 Å². The van der Waals surface area contributed by atoms with Crippen molar-refractivity contribution < 1.29 is 9.47 Å². The fourth-order valence-electron chi connectivity index (χ4n) is 1.78. The molecule has 0 radical (unpaired) electrons. The van der Waals surface area contributed by atoms with E-state index in [0.29, 0.717) is 19.8 Å². The van der Waals surface area contributed by atoms with Crippen molar-refractivity contribution in [2.45, 2.75) is 25.3 Å². The Morgan fingerprint density at radius 3 is 2.67 bits per heavy atom. The summed E-state index contributed by atoms with van der Waals surface area (Å²) in [6, 6.07) is 10.7. The molecule has 0 aromatic heterocycles. The van der Waals surface area contributed by atoms with Gasteiger partial charge in [0.05, 0.1) is 19.8 Å². The fourth-order valence-corrected chi connectivity index (χ4v) is 1.78. The Bertz CT molecular complexity index is 293. The Morgan fingerprint density at radius 2 is 2.00 bits per heavy atom. The van der Waals surface area contributed by atoms with Gasteiger partial charge in [-0.1, -0.05) is 30.3 Å². The summed E-state index contributed by atoms with van der Waals surface area (Å²) in [6.45, 7) is 1.88. The first-order chi connectivity index (χ1) is 8.86. The van der Waals surface area contributed by atoms with Crippen molar-refractivity contribution in [3.63, 3.8) is 0 Å². The molecule has 0 amide bonds. The lowest BCUT2D eigenvalue weighted by Crippen LogP contribution is -2.39. The van der Waals surface area contributed by atoms with Gasteiger partial charge in [-0.3, -0.25) is 11.3 Å². The first-order valence-corrected chi connectivity index (χ1v) is 6.43. The maximum Gasteiger partial charge on any atom is 0.0701 e. The van der Waals surface area contributed by atoms with Gasteiger partial charge in [0.2, 0.25) is 0 Å². The van der Waals surface area contributed by atoms with Crippen molar-refractivity contribution in [3.05, 3.63) is 35.9 Å². The summed E-state index contributed by atoms with van der Waals surface area (Å²) in [5.74, 6) is 5.51. The Balaban J connectivity index is 2.11. The maximum atomic E-state index is 5.51. The molecule has 1 aromatic rings. The normalized spacial score (nSPS) is 12.6. The van der Waals surface area contributed by atoms with E-state index in [4.69, 9.17) is 15.3 Å². The number of aryl methyl sites for hydroxylation is 1. The zero-order valence-corrected chi connectivity index (χ0v) is 11.1. The third kappa shape index (κ3) is 6.71. The van der Waals surface area contributed by atoms with E-state index < -0.39 is 0 Å². The van der Waals surface area contributed by atoms with Crippen LogP contribution in [0.5, 0.6) is 0 Å². The molecule has 18 heavy (non-hydrogen) atoms. The van der Waals surface area contributed by atoms with Crippen LogP contribution < -0.4 is 11.3 Å². The summed E-state index contributed by atoms with van der Waals surface area (Å²) in [4.78, 5) is 0. The Labute approximate surface area is 109 Å². The second-order valence-corrected chi connectivity index (χ2v) is 4.31. The van der Waals surface area contributed by atoms with Gasteiger partial charge in [-0.25, -0.2) is 0 Å². The van der Waals surface area contributed by atoms with Gasteiger partial charge in [0.25, 0.3) is 0 Å². The average Bonchev–Trinajstić information content (AvgIpc) is 2.42. The standard InChI is InChI=1S/C14H24N2O2/c1-17-10-11-18-12-14(16-15)9-5-8-13-6-3-2-4-7-13/h2-4,6-7,14,16H,5,8-12,15H2,1H3. The lowest BCUT2D eigenvalue weighted by atomic mass is 10.1. The second-order valence-electron chi connectivity index (χ2n) is 4.31.